The number of nitrogen functional groups attached to an aromatic ring is 1. The summed E-state index contributed by atoms with van der Waals surface area (Å²) < 4.78 is 67.2. The summed E-state index contributed by atoms with van der Waals surface area (Å²) in [7, 11) is -4.59. The van der Waals surface area contributed by atoms with Crippen LogP contribution in [0.2, 0.25) is 10.0 Å². The summed E-state index contributed by atoms with van der Waals surface area (Å²) in [6.07, 6.45) is -3.60. The van der Waals surface area contributed by atoms with Gasteiger partial charge in [0.15, 0.2) is 0 Å². The number of hydrogen-bond acceptors (Lipinski definition) is 6. The highest BCUT2D eigenvalue weighted by Gasteiger charge is 2.35. The molecule has 1 aromatic carbocycles. The molecule has 0 bridgehead atoms. The van der Waals surface area contributed by atoms with E-state index in [-0.39, 0.29) is 33.5 Å². The number of carbonyl (C=O) groups excluding carboxylic acids is 1. The van der Waals surface area contributed by atoms with Crippen LogP contribution in [-0.4, -0.2) is 24.2 Å². The number of nitrogens with zero attached hydrogens (tertiary/aromatic N) is 2. The molecule has 3 rings (SSSR count). The molecule has 2 heterocycles. The molecule has 0 unspecified atom stereocenters. The molecular weight excluding hydrogens is 492 g/mol. The van der Waals surface area contributed by atoms with Gasteiger partial charge in [-0.25, -0.2) is 18.4 Å². The number of carbonyl (C=O) groups is 1. The van der Waals surface area contributed by atoms with Crippen molar-refractivity contribution in [2.75, 3.05) is 10.5 Å². The number of nitrogens with two attached hydrogens (primary N) is 1. The van der Waals surface area contributed by atoms with E-state index in [0.717, 1.165) is 18.2 Å². The second-order valence-corrected chi connectivity index (χ2v) is 8.99. The number of pyridine rings is 2. The molecule has 0 aliphatic heterocycles. The zero-order chi connectivity index (χ0) is 23.8. The molecule has 0 aliphatic carbocycles. The van der Waals surface area contributed by atoms with E-state index in [4.69, 9.17) is 28.9 Å². The van der Waals surface area contributed by atoms with Gasteiger partial charge >= 0.3 is 6.18 Å². The molecule has 2 aromatic heterocycles. The van der Waals surface area contributed by atoms with Crippen LogP contribution in [-0.2, 0) is 16.2 Å². The molecule has 0 atom stereocenters. The third-order valence-corrected chi connectivity index (χ3v) is 6.28. The van der Waals surface area contributed by atoms with E-state index in [1.807, 2.05) is 0 Å². The van der Waals surface area contributed by atoms with Crippen LogP contribution in [0.3, 0.4) is 0 Å². The van der Waals surface area contributed by atoms with Crippen LogP contribution < -0.4 is 10.5 Å². The third kappa shape index (κ3) is 4.95. The molecule has 0 amide bonds. The summed E-state index contributed by atoms with van der Waals surface area (Å²) in [6, 6.07) is 5.84. The van der Waals surface area contributed by atoms with Gasteiger partial charge < -0.3 is 5.73 Å². The van der Waals surface area contributed by atoms with Gasteiger partial charge in [-0.15, -0.1) is 0 Å². The predicted molar refractivity (Wildman–Crippen MR) is 113 cm³/mol. The number of aromatic nitrogens is 2. The molecule has 0 radical (unpaired) electrons. The second kappa shape index (κ2) is 8.57. The van der Waals surface area contributed by atoms with Crippen molar-refractivity contribution in [3.8, 4) is 0 Å². The number of halogens is 5. The van der Waals surface area contributed by atoms with Crippen LogP contribution in [0.15, 0.2) is 47.5 Å². The van der Waals surface area contributed by atoms with Gasteiger partial charge in [-0.1, -0.05) is 23.2 Å². The average molecular weight is 505 g/mol. The number of nitrogens with one attached hydrogen (secondary N) is 1. The fourth-order valence-corrected chi connectivity index (χ4v) is 4.11. The van der Waals surface area contributed by atoms with Gasteiger partial charge in [-0.3, -0.25) is 9.52 Å². The summed E-state index contributed by atoms with van der Waals surface area (Å²) in [5, 5.41) is -0.636. The van der Waals surface area contributed by atoms with Gasteiger partial charge in [-0.05, 0) is 43.3 Å². The Bertz CT molecular complexity index is 1330. The van der Waals surface area contributed by atoms with Gasteiger partial charge in [-0.2, -0.15) is 13.2 Å². The fraction of sp³-hybridized carbons (Fsp3) is 0.105. The summed E-state index contributed by atoms with van der Waals surface area (Å²) in [4.78, 5) is 20.1. The molecule has 0 aliphatic rings. The van der Waals surface area contributed by atoms with Gasteiger partial charge in [0.1, 0.15) is 11.5 Å². The number of rotatable bonds is 5. The van der Waals surface area contributed by atoms with Crippen molar-refractivity contribution in [2.24, 2.45) is 0 Å². The number of alkyl halides is 3. The Hall–Kier alpha value is -2.89. The highest BCUT2D eigenvalue weighted by Crippen LogP contribution is 2.36. The molecule has 0 saturated heterocycles. The Morgan fingerprint density at radius 1 is 1.09 bits per heavy atom. The Kier molecular flexibility index (Phi) is 6.36. The molecule has 32 heavy (non-hydrogen) atoms. The SMILES string of the molecule is Cc1nc(C(=O)c2ccnc(N)c2)c(NS(=O)(=O)c2ccc(Cl)c(C(F)(F)F)c2)cc1Cl. The molecule has 0 saturated carbocycles. The number of hydrogen-bond donors (Lipinski definition) is 2. The molecule has 3 aromatic rings. The normalized spacial score (nSPS) is 11.9. The maximum atomic E-state index is 13.1. The minimum Gasteiger partial charge on any atom is -0.384 e. The Morgan fingerprint density at radius 3 is 2.41 bits per heavy atom. The maximum absolute atomic E-state index is 13.1. The van der Waals surface area contributed by atoms with Crippen LogP contribution >= 0.6 is 23.2 Å². The smallest absolute Gasteiger partial charge is 0.384 e. The molecule has 168 valence electrons. The lowest BCUT2D eigenvalue weighted by atomic mass is 10.1. The minimum atomic E-state index is -4.88. The molecule has 0 spiro atoms. The van der Waals surface area contributed by atoms with Crippen LogP contribution in [0.1, 0.15) is 27.3 Å². The van der Waals surface area contributed by atoms with Crippen LogP contribution in [0, 0.1) is 6.92 Å². The average Bonchev–Trinajstić information content (AvgIpc) is 2.69. The van der Waals surface area contributed by atoms with Crippen molar-refractivity contribution >= 4 is 50.5 Å². The second-order valence-electron chi connectivity index (χ2n) is 6.50. The van der Waals surface area contributed by atoms with Crippen LogP contribution in [0.4, 0.5) is 24.7 Å². The highest BCUT2D eigenvalue weighted by molar-refractivity contribution is 7.92. The molecular formula is C19H13Cl2F3N4O3S. The fourth-order valence-electron chi connectivity index (χ4n) is 2.65. The Balaban J connectivity index is 2.09. The quantitative estimate of drug-likeness (QED) is 0.485. The van der Waals surface area contributed by atoms with Crippen molar-refractivity contribution in [1.29, 1.82) is 0 Å². The first kappa shape index (κ1) is 23.8. The number of sulfonamides is 1. The third-order valence-electron chi connectivity index (χ3n) is 4.21. The zero-order valence-corrected chi connectivity index (χ0v) is 18.4. The first-order chi connectivity index (χ1) is 14.8. The van der Waals surface area contributed by atoms with Crippen molar-refractivity contribution in [3.63, 3.8) is 0 Å². The number of aryl methyl sites for hydroxylation is 1. The first-order valence-corrected chi connectivity index (χ1v) is 10.9. The van der Waals surface area contributed by atoms with E-state index < -0.39 is 37.5 Å². The highest BCUT2D eigenvalue weighted by atomic mass is 35.5. The largest absolute Gasteiger partial charge is 0.417 e. The van der Waals surface area contributed by atoms with E-state index in [1.165, 1.54) is 25.3 Å². The lowest BCUT2D eigenvalue weighted by molar-refractivity contribution is -0.137. The number of ketones is 1. The van der Waals surface area contributed by atoms with Gasteiger partial charge in [0, 0.05) is 11.8 Å². The monoisotopic (exact) mass is 504 g/mol. The van der Waals surface area contributed by atoms with Crippen molar-refractivity contribution in [1.82, 2.24) is 9.97 Å². The van der Waals surface area contributed by atoms with Crippen molar-refractivity contribution < 1.29 is 26.4 Å². The zero-order valence-electron chi connectivity index (χ0n) is 16.0. The van der Waals surface area contributed by atoms with Crippen molar-refractivity contribution in [2.45, 2.75) is 18.0 Å². The summed E-state index contributed by atoms with van der Waals surface area (Å²) in [5.74, 6) is -0.659. The van der Waals surface area contributed by atoms with Gasteiger partial charge in [0.25, 0.3) is 10.0 Å². The summed E-state index contributed by atoms with van der Waals surface area (Å²) in [6.45, 7) is 1.49. The van der Waals surface area contributed by atoms with E-state index in [9.17, 15) is 26.4 Å². The van der Waals surface area contributed by atoms with Crippen LogP contribution in [0.25, 0.3) is 0 Å². The standard InChI is InChI=1S/C19H13Cl2F3N4O3S/c1-9-14(21)8-15(17(27-9)18(29)10-4-5-26-16(25)6-10)28-32(30,31)11-2-3-13(20)12(7-11)19(22,23)24/h2-8,28H,1H3,(H2,25,26). The van der Waals surface area contributed by atoms with E-state index in [0.29, 0.717) is 6.07 Å². The van der Waals surface area contributed by atoms with Gasteiger partial charge in [0.05, 0.1) is 31.9 Å². The van der Waals surface area contributed by atoms with E-state index in [1.54, 1.807) is 0 Å². The lowest BCUT2D eigenvalue weighted by Crippen LogP contribution is -2.18. The lowest BCUT2D eigenvalue weighted by Gasteiger charge is -2.15. The summed E-state index contributed by atoms with van der Waals surface area (Å²) in [5.41, 5.74) is 3.90. The van der Waals surface area contributed by atoms with Crippen molar-refractivity contribution in [3.05, 3.63) is 75.2 Å². The van der Waals surface area contributed by atoms with Gasteiger partial charge in [0.2, 0.25) is 5.78 Å². The maximum Gasteiger partial charge on any atom is 0.417 e. The molecule has 3 N–H and O–H groups in total. The molecule has 7 nitrogen and oxygen atoms in total. The number of benzene rings is 1. The van der Waals surface area contributed by atoms with Crippen LogP contribution in [0.5, 0.6) is 0 Å². The topological polar surface area (TPSA) is 115 Å². The molecule has 0 fully saturated rings. The Morgan fingerprint density at radius 2 is 1.78 bits per heavy atom. The van der Waals surface area contributed by atoms with E-state index in [2.05, 4.69) is 14.7 Å². The van der Waals surface area contributed by atoms with E-state index >= 15 is 0 Å². The predicted octanol–water partition coefficient (Wildman–Crippen LogP) is 4.72. The minimum absolute atomic E-state index is 0.0283. The number of anilines is 2. The summed E-state index contributed by atoms with van der Waals surface area (Å²) >= 11 is 11.6. The first-order valence-electron chi connectivity index (χ1n) is 8.62. The molecule has 13 heteroatoms. The Labute approximate surface area is 190 Å².